The summed E-state index contributed by atoms with van der Waals surface area (Å²) in [4.78, 5) is 15.1. The molecule has 0 saturated carbocycles. The van der Waals surface area contributed by atoms with Crippen molar-refractivity contribution in [3.05, 3.63) is 70.2 Å². The van der Waals surface area contributed by atoms with Crippen molar-refractivity contribution in [2.75, 3.05) is 25.4 Å². The molecule has 1 amide bonds. The summed E-state index contributed by atoms with van der Waals surface area (Å²) in [6.45, 7) is 3.51. The summed E-state index contributed by atoms with van der Waals surface area (Å²) in [6.07, 6.45) is 1.38. The second kappa shape index (κ2) is 9.93. The van der Waals surface area contributed by atoms with Crippen LogP contribution in [0.3, 0.4) is 0 Å². The Morgan fingerprint density at radius 2 is 1.78 bits per heavy atom. The Morgan fingerprint density at radius 3 is 2.44 bits per heavy atom. The smallest absolute Gasteiger partial charge is 0.410 e. The van der Waals surface area contributed by atoms with Crippen molar-refractivity contribution in [1.82, 2.24) is 9.21 Å². The number of rotatable bonds is 5. The standard InChI is InChI=1S/C24H29BrN2O4S/c1-18(19-10-12-22(25)13-11-19)27-15-5-9-21(17-26-14-6-16-32(26,29)30)23(31-24(27)28)20-7-3-2-4-8-20/h2-4,7-8,10-13,18,21,23H,5-6,9,14-17H2,1H3/t18-,21?,23?/m0/s1. The average Bonchev–Trinajstić information content (AvgIpc) is 3.11. The van der Waals surface area contributed by atoms with Crippen LogP contribution in [0.15, 0.2) is 59.1 Å². The van der Waals surface area contributed by atoms with E-state index in [0.29, 0.717) is 26.1 Å². The molecule has 3 atom stereocenters. The maximum Gasteiger partial charge on any atom is 0.410 e. The first kappa shape index (κ1) is 23.3. The minimum Gasteiger partial charge on any atom is -0.441 e. The number of amides is 1. The van der Waals surface area contributed by atoms with Crippen LogP contribution >= 0.6 is 15.9 Å². The van der Waals surface area contributed by atoms with E-state index in [1.165, 1.54) is 0 Å². The lowest BCUT2D eigenvalue weighted by Gasteiger charge is -2.37. The zero-order chi connectivity index (χ0) is 22.7. The van der Waals surface area contributed by atoms with Crippen LogP contribution in [-0.2, 0) is 14.8 Å². The van der Waals surface area contributed by atoms with Gasteiger partial charge in [-0.1, -0.05) is 58.4 Å². The molecule has 2 aliphatic rings. The van der Waals surface area contributed by atoms with E-state index in [2.05, 4.69) is 15.9 Å². The molecule has 2 unspecified atom stereocenters. The normalized spacial score (nSPS) is 25.1. The second-order valence-corrected chi connectivity index (χ2v) is 11.6. The maximum absolute atomic E-state index is 13.3. The third-order valence-electron chi connectivity index (χ3n) is 6.45. The fraction of sp³-hybridized carbons (Fsp3) is 0.458. The lowest BCUT2D eigenvalue weighted by Crippen LogP contribution is -2.41. The van der Waals surface area contributed by atoms with Gasteiger partial charge in [0.05, 0.1) is 11.8 Å². The molecule has 0 N–H and O–H groups in total. The van der Waals surface area contributed by atoms with Crippen LogP contribution in [0, 0.1) is 5.92 Å². The summed E-state index contributed by atoms with van der Waals surface area (Å²) in [7, 11) is -3.21. The SMILES string of the molecule is C[C@@H](c1ccc(Br)cc1)N1CCCC(CN2CCCS2(=O)=O)C(c2ccccc2)OC1=O. The van der Waals surface area contributed by atoms with E-state index in [4.69, 9.17) is 4.74 Å². The van der Waals surface area contributed by atoms with Gasteiger partial charge in [-0.25, -0.2) is 17.5 Å². The fourth-order valence-corrected chi connectivity index (χ4v) is 6.48. The topological polar surface area (TPSA) is 66.9 Å². The number of halogens is 1. The summed E-state index contributed by atoms with van der Waals surface area (Å²) in [5, 5.41) is 0. The van der Waals surface area contributed by atoms with E-state index in [1.807, 2.05) is 61.5 Å². The number of benzene rings is 2. The summed E-state index contributed by atoms with van der Waals surface area (Å²) < 4.78 is 33.5. The minimum atomic E-state index is -3.21. The molecular weight excluding hydrogens is 492 g/mol. The molecule has 0 radical (unpaired) electrons. The minimum absolute atomic E-state index is 0.0839. The highest BCUT2D eigenvalue weighted by molar-refractivity contribution is 9.10. The number of nitrogens with zero attached hydrogens (tertiary/aromatic N) is 2. The van der Waals surface area contributed by atoms with Crippen molar-refractivity contribution in [2.24, 2.45) is 5.92 Å². The molecule has 2 heterocycles. The molecule has 6 nitrogen and oxygen atoms in total. The van der Waals surface area contributed by atoms with Gasteiger partial charge in [-0.05, 0) is 49.4 Å². The zero-order valence-corrected chi connectivity index (χ0v) is 20.6. The molecule has 172 valence electrons. The van der Waals surface area contributed by atoms with Crippen molar-refractivity contribution in [3.63, 3.8) is 0 Å². The molecule has 2 saturated heterocycles. The molecule has 8 heteroatoms. The maximum atomic E-state index is 13.3. The van der Waals surface area contributed by atoms with Gasteiger partial charge in [0.2, 0.25) is 10.0 Å². The van der Waals surface area contributed by atoms with Gasteiger partial charge < -0.3 is 9.64 Å². The first-order valence-corrected chi connectivity index (χ1v) is 13.5. The van der Waals surface area contributed by atoms with Gasteiger partial charge in [0.15, 0.2) is 0 Å². The first-order chi connectivity index (χ1) is 15.3. The van der Waals surface area contributed by atoms with Gasteiger partial charge in [-0.2, -0.15) is 0 Å². The Bertz CT molecular complexity index is 1030. The number of hydrogen-bond donors (Lipinski definition) is 0. The third-order valence-corrected chi connectivity index (χ3v) is 8.91. The number of ether oxygens (including phenoxy) is 1. The molecule has 0 bridgehead atoms. The van der Waals surface area contributed by atoms with Gasteiger partial charge in [0.1, 0.15) is 6.10 Å². The van der Waals surface area contributed by atoms with Crippen LogP contribution in [0.2, 0.25) is 0 Å². The largest absolute Gasteiger partial charge is 0.441 e. The van der Waals surface area contributed by atoms with Crippen molar-refractivity contribution in [1.29, 1.82) is 0 Å². The number of sulfonamides is 1. The monoisotopic (exact) mass is 520 g/mol. The van der Waals surface area contributed by atoms with Crippen LogP contribution in [-0.4, -0.2) is 49.1 Å². The molecule has 2 aromatic rings. The summed E-state index contributed by atoms with van der Waals surface area (Å²) in [5.41, 5.74) is 1.95. The lowest BCUT2D eigenvalue weighted by molar-refractivity contribution is 0.00594. The van der Waals surface area contributed by atoms with Crippen molar-refractivity contribution in [3.8, 4) is 0 Å². The molecule has 0 aromatic heterocycles. The molecule has 4 rings (SSSR count). The predicted molar refractivity (Wildman–Crippen MR) is 128 cm³/mol. The third kappa shape index (κ3) is 5.18. The number of carbonyl (C=O) groups excluding carboxylic acids is 1. The Labute approximate surface area is 198 Å². The molecule has 2 fully saturated rings. The highest BCUT2D eigenvalue weighted by Gasteiger charge is 2.37. The van der Waals surface area contributed by atoms with E-state index in [-0.39, 0.29) is 23.8 Å². The highest BCUT2D eigenvalue weighted by Crippen LogP contribution is 2.36. The number of hydrogen-bond acceptors (Lipinski definition) is 4. The summed E-state index contributed by atoms with van der Waals surface area (Å²) >= 11 is 3.46. The number of carbonyl (C=O) groups is 1. The summed E-state index contributed by atoms with van der Waals surface area (Å²) in [6, 6.07) is 17.5. The van der Waals surface area contributed by atoms with Crippen LogP contribution < -0.4 is 0 Å². The van der Waals surface area contributed by atoms with E-state index in [1.54, 1.807) is 9.21 Å². The lowest BCUT2D eigenvalue weighted by atomic mass is 9.90. The summed E-state index contributed by atoms with van der Waals surface area (Å²) in [5.74, 6) is 0.118. The molecule has 32 heavy (non-hydrogen) atoms. The Kier molecular flexibility index (Phi) is 7.22. The highest BCUT2D eigenvalue weighted by atomic mass is 79.9. The Balaban J connectivity index is 1.58. The van der Waals surface area contributed by atoms with Gasteiger partial charge in [-0.3, -0.25) is 0 Å². The van der Waals surface area contributed by atoms with Crippen molar-refractivity contribution >= 4 is 32.0 Å². The van der Waals surface area contributed by atoms with Gasteiger partial charge >= 0.3 is 6.09 Å². The first-order valence-electron chi connectivity index (χ1n) is 11.1. The van der Waals surface area contributed by atoms with Gasteiger partial charge in [0.25, 0.3) is 0 Å². The van der Waals surface area contributed by atoms with E-state index in [0.717, 1.165) is 28.4 Å². The Morgan fingerprint density at radius 1 is 1.06 bits per heavy atom. The van der Waals surface area contributed by atoms with Crippen LogP contribution in [0.4, 0.5) is 4.79 Å². The van der Waals surface area contributed by atoms with E-state index in [9.17, 15) is 13.2 Å². The van der Waals surface area contributed by atoms with Gasteiger partial charge in [-0.15, -0.1) is 0 Å². The van der Waals surface area contributed by atoms with E-state index < -0.39 is 16.1 Å². The molecule has 2 aliphatic heterocycles. The predicted octanol–water partition coefficient (Wildman–Crippen LogP) is 5.14. The Hall–Kier alpha value is -1.90. The van der Waals surface area contributed by atoms with Crippen LogP contribution in [0.5, 0.6) is 0 Å². The second-order valence-electron chi connectivity index (χ2n) is 8.57. The molecular formula is C24H29BrN2O4S. The van der Waals surface area contributed by atoms with Crippen molar-refractivity contribution in [2.45, 2.75) is 38.3 Å². The van der Waals surface area contributed by atoms with Gasteiger partial charge in [0, 0.05) is 30.0 Å². The van der Waals surface area contributed by atoms with Crippen molar-refractivity contribution < 1.29 is 17.9 Å². The number of cyclic esters (lactones) is 1. The molecule has 0 spiro atoms. The van der Waals surface area contributed by atoms with Crippen LogP contribution in [0.25, 0.3) is 0 Å². The average molecular weight is 521 g/mol. The van der Waals surface area contributed by atoms with E-state index >= 15 is 0 Å². The fourth-order valence-electron chi connectivity index (χ4n) is 4.64. The molecule has 0 aliphatic carbocycles. The zero-order valence-electron chi connectivity index (χ0n) is 18.2. The molecule has 2 aromatic carbocycles. The quantitative estimate of drug-likeness (QED) is 0.547. The van der Waals surface area contributed by atoms with Crippen LogP contribution in [0.1, 0.15) is 49.5 Å².